The minimum atomic E-state index is -0.472. The SMILES string of the molecule is O=Cc1ccc(OCCOCCOCCOCCOCCOCCF)cc1. The van der Waals surface area contributed by atoms with Gasteiger partial charge in [0, 0.05) is 5.56 Å². The van der Waals surface area contributed by atoms with Gasteiger partial charge < -0.3 is 28.4 Å². The van der Waals surface area contributed by atoms with E-state index in [-0.39, 0.29) is 6.61 Å². The normalized spacial score (nSPS) is 10.9. The molecule has 154 valence electrons. The highest BCUT2D eigenvalue weighted by Crippen LogP contribution is 2.10. The van der Waals surface area contributed by atoms with Crippen LogP contribution in [0, 0.1) is 0 Å². The Labute approximate surface area is 159 Å². The molecular formula is C19H29FO7. The van der Waals surface area contributed by atoms with Crippen molar-refractivity contribution in [3.05, 3.63) is 29.8 Å². The van der Waals surface area contributed by atoms with Crippen molar-refractivity contribution in [2.45, 2.75) is 0 Å². The van der Waals surface area contributed by atoms with E-state index in [1.165, 1.54) is 0 Å². The largest absolute Gasteiger partial charge is 0.491 e. The first kappa shape index (κ1) is 23.5. The molecule has 27 heavy (non-hydrogen) atoms. The molecule has 0 N–H and O–H groups in total. The van der Waals surface area contributed by atoms with Crippen LogP contribution in [0.1, 0.15) is 10.4 Å². The summed E-state index contributed by atoms with van der Waals surface area (Å²) in [5.41, 5.74) is 0.618. The van der Waals surface area contributed by atoms with Gasteiger partial charge >= 0.3 is 0 Å². The topological polar surface area (TPSA) is 72.5 Å². The average molecular weight is 388 g/mol. The van der Waals surface area contributed by atoms with E-state index in [1.54, 1.807) is 24.3 Å². The molecule has 0 unspecified atom stereocenters. The lowest BCUT2D eigenvalue weighted by Gasteiger charge is -2.08. The van der Waals surface area contributed by atoms with Crippen molar-refractivity contribution >= 4 is 6.29 Å². The molecule has 0 saturated carbocycles. The highest BCUT2D eigenvalue weighted by atomic mass is 19.1. The van der Waals surface area contributed by atoms with Gasteiger partial charge in [-0.05, 0) is 24.3 Å². The van der Waals surface area contributed by atoms with Gasteiger partial charge in [-0.3, -0.25) is 4.79 Å². The molecule has 0 aliphatic heterocycles. The lowest BCUT2D eigenvalue weighted by atomic mass is 10.2. The third-order valence-corrected chi connectivity index (χ3v) is 3.22. The third-order valence-electron chi connectivity index (χ3n) is 3.22. The Morgan fingerprint density at radius 1 is 0.630 bits per heavy atom. The standard InChI is InChI=1S/C19H29FO7/c20-5-6-22-7-8-23-9-10-24-11-12-25-13-14-26-15-16-27-19-3-1-18(17-21)2-4-19/h1-4,17H,5-16H2. The minimum Gasteiger partial charge on any atom is -0.491 e. The van der Waals surface area contributed by atoms with Crippen LogP contribution in [0.25, 0.3) is 0 Å². The van der Waals surface area contributed by atoms with E-state index in [9.17, 15) is 9.18 Å². The van der Waals surface area contributed by atoms with E-state index in [0.29, 0.717) is 77.4 Å². The summed E-state index contributed by atoms with van der Waals surface area (Å²) in [6.07, 6.45) is 0.792. The molecule has 1 aromatic carbocycles. The maximum Gasteiger partial charge on any atom is 0.150 e. The fraction of sp³-hybridized carbons (Fsp3) is 0.632. The molecule has 0 bridgehead atoms. The minimum absolute atomic E-state index is 0.115. The van der Waals surface area contributed by atoms with Crippen LogP contribution in [0.3, 0.4) is 0 Å². The number of carbonyl (C=O) groups excluding carboxylic acids is 1. The third kappa shape index (κ3) is 14.2. The number of carbonyl (C=O) groups is 1. The summed E-state index contributed by atoms with van der Waals surface area (Å²) < 4.78 is 43.5. The Kier molecular flexibility index (Phi) is 15.5. The average Bonchev–Trinajstić information content (AvgIpc) is 2.70. The highest BCUT2D eigenvalue weighted by Gasteiger charge is 1.96. The summed E-state index contributed by atoms with van der Waals surface area (Å²) in [6.45, 7) is 4.26. The van der Waals surface area contributed by atoms with Crippen LogP contribution in [0.4, 0.5) is 4.39 Å². The van der Waals surface area contributed by atoms with E-state index < -0.39 is 6.67 Å². The highest BCUT2D eigenvalue weighted by molar-refractivity contribution is 5.74. The van der Waals surface area contributed by atoms with Gasteiger partial charge in [0.25, 0.3) is 0 Å². The Hall–Kier alpha value is -1.58. The van der Waals surface area contributed by atoms with Gasteiger partial charge in [-0.2, -0.15) is 0 Å². The summed E-state index contributed by atoms with van der Waals surface area (Å²) in [7, 11) is 0. The van der Waals surface area contributed by atoms with E-state index in [2.05, 4.69) is 0 Å². The molecule has 0 heterocycles. The molecule has 1 rings (SSSR count). The fourth-order valence-corrected chi connectivity index (χ4v) is 1.90. The molecule has 8 heteroatoms. The zero-order chi connectivity index (χ0) is 19.4. The summed E-state index contributed by atoms with van der Waals surface area (Å²) in [4.78, 5) is 10.5. The van der Waals surface area contributed by atoms with Gasteiger partial charge in [0.1, 0.15) is 25.3 Å². The van der Waals surface area contributed by atoms with Crippen LogP contribution in [0.15, 0.2) is 24.3 Å². The monoisotopic (exact) mass is 388 g/mol. The molecule has 0 radical (unpaired) electrons. The number of halogens is 1. The van der Waals surface area contributed by atoms with Crippen molar-refractivity contribution in [3.8, 4) is 5.75 Å². The van der Waals surface area contributed by atoms with Crippen LogP contribution < -0.4 is 4.74 Å². The first-order valence-electron chi connectivity index (χ1n) is 8.99. The summed E-state index contributed by atoms with van der Waals surface area (Å²) >= 11 is 0. The van der Waals surface area contributed by atoms with Gasteiger partial charge in [-0.25, -0.2) is 4.39 Å². The van der Waals surface area contributed by atoms with Crippen LogP contribution in [0.2, 0.25) is 0 Å². The van der Waals surface area contributed by atoms with Crippen molar-refractivity contribution in [2.24, 2.45) is 0 Å². The molecule has 0 amide bonds. The molecule has 0 aliphatic rings. The summed E-state index contributed by atoms with van der Waals surface area (Å²) in [5.74, 6) is 0.703. The van der Waals surface area contributed by atoms with Crippen LogP contribution in [-0.4, -0.2) is 85.6 Å². The zero-order valence-electron chi connectivity index (χ0n) is 15.6. The smallest absolute Gasteiger partial charge is 0.150 e. The number of hydrogen-bond acceptors (Lipinski definition) is 7. The van der Waals surface area contributed by atoms with Gasteiger partial charge in [0.05, 0.1) is 66.1 Å². The van der Waals surface area contributed by atoms with Crippen molar-refractivity contribution in [1.29, 1.82) is 0 Å². The maximum atomic E-state index is 11.7. The van der Waals surface area contributed by atoms with Gasteiger partial charge in [-0.15, -0.1) is 0 Å². The molecule has 7 nitrogen and oxygen atoms in total. The van der Waals surface area contributed by atoms with Crippen molar-refractivity contribution < 1.29 is 37.6 Å². The van der Waals surface area contributed by atoms with Gasteiger partial charge in [0.2, 0.25) is 0 Å². The van der Waals surface area contributed by atoms with E-state index in [1.807, 2.05) is 0 Å². The maximum absolute atomic E-state index is 11.7. The number of ether oxygens (including phenoxy) is 6. The number of aldehydes is 1. The number of alkyl halides is 1. The lowest BCUT2D eigenvalue weighted by Crippen LogP contribution is -2.14. The molecule has 0 spiro atoms. The van der Waals surface area contributed by atoms with Crippen molar-refractivity contribution in [3.63, 3.8) is 0 Å². The van der Waals surface area contributed by atoms with Crippen molar-refractivity contribution in [1.82, 2.24) is 0 Å². The van der Waals surface area contributed by atoms with Crippen LogP contribution >= 0.6 is 0 Å². The fourth-order valence-electron chi connectivity index (χ4n) is 1.90. The quantitative estimate of drug-likeness (QED) is 0.265. The molecule has 0 saturated heterocycles. The molecular weight excluding hydrogens is 359 g/mol. The second kappa shape index (κ2) is 17.8. The Morgan fingerprint density at radius 2 is 1.04 bits per heavy atom. The van der Waals surface area contributed by atoms with Crippen LogP contribution in [0.5, 0.6) is 5.75 Å². The molecule has 0 fully saturated rings. The second-order valence-electron chi connectivity index (χ2n) is 5.29. The summed E-state index contributed by atoms with van der Waals surface area (Å²) in [5, 5.41) is 0. The first-order valence-corrected chi connectivity index (χ1v) is 8.99. The van der Waals surface area contributed by atoms with E-state index in [4.69, 9.17) is 28.4 Å². The number of rotatable bonds is 19. The van der Waals surface area contributed by atoms with Crippen LogP contribution in [-0.2, 0) is 23.7 Å². The Balaban J connectivity index is 1.76. The van der Waals surface area contributed by atoms with Crippen molar-refractivity contribution in [2.75, 3.05) is 79.4 Å². The molecule has 0 atom stereocenters. The zero-order valence-corrected chi connectivity index (χ0v) is 15.6. The molecule has 0 aromatic heterocycles. The lowest BCUT2D eigenvalue weighted by molar-refractivity contribution is -0.0133. The van der Waals surface area contributed by atoms with E-state index in [0.717, 1.165) is 6.29 Å². The Bertz CT molecular complexity index is 456. The first-order chi connectivity index (χ1) is 13.4. The molecule has 0 aliphatic carbocycles. The van der Waals surface area contributed by atoms with Gasteiger partial charge in [-0.1, -0.05) is 0 Å². The molecule has 1 aromatic rings. The Morgan fingerprint density at radius 3 is 1.44 bits per heavy atom. The summed E-state index contributed by atoms with van der Waals surface area (Å²) in [6, 6.07) is 6.90. The van der Waals surface area contributed by atoms with E-state index >= 15 is 0 Å². The second-order valence-corrected chi connectivity index (χ2v) is 5.29. The number of benzene rings is 1. The number of hydrogen-bond donors (Lipinski definition) is 0. The predicted octanol–water partition coefficient (Wildman–Crippen LogP) is 1.93. The predicted molar refractivity (Wildman–Crippen MR) is 97.4 cm³/mol. The van der Waals surface area contributed by atoms with Gasteiger partial charge in [0.15, 0.2) is 0 Å².